The van der Waals surface area contributed by atoms with Gasteiger partial charge in [0.2, 0.25) is 5.91 Å². The number of nitrogens with zero attached hydrogens (tertiary/aromatic N) is 4. The molecule has 4 rings (SSSR count). The highest BCUT2D eigenvalue weighted by atomic mass is 79.9. The Labute approximate surface area is 208 Å². The summed E-state index contributed by atoms with van der Waals surface area (Å²) >= 11 is 5.34. The topological polar surface area (TPSA) is 77.0 Å². The van der Waals surface area contributed by atoms with Gasteiger partial charge in [0.25, 0.3) is 0 Å². The molecule has 3 aromatic rings. The van der Waals surface area contributed by atoms with Crippen molar-refractivity contribution in [2.75, 3.05) is 13.1 Å². The molecule has 1 amide bonds. The number of pyridine rings is 1. The van der Waals surface area contributed by atoms with E-state index in [1.807, 2.05) is 56.4 Å². The van der Waals surface area contributed by atoms with Crippen molar-refractivity contribution in [2.24, 2.45) is 11.7 Å². The monoisotopic (exact) mass is 529 g/mol. The van der Waals surface area contributed by atoms with E-state index in [0.717, 1.165) is 63.0 Å². The molecule has 8 heteroatoms. The lowest BCUT2D eigenvalue weighted by Crippen LogP contribution is -2.38. The molecule has 1 saturated heterocycles. The molecule has 0 radical (unpaired) electrons. The normalized spacial score (nSPS) is 15.1. The van der Waals surface area contributed by atoms with E-state index in [1.165, 1.54) is 0 Å². The van der Waals surface area contributed by atoms with E-state index in [0.29, 0.717) is 12.2 Å². The lowest BCUT2D eigenvalue weighted by molar-refractivity contribution is -0.132. The van der Waals surface area contributed by atoms with Gasteiger partial charge in [0.05, 0.1) is 26.6 Å². The molecule has 0 aromatic carbocycles. The predicted octanol–water partition coefficient (Wildman–Crippen LogP) is 6.18. The van der Waals surface area contributed by atoms with Crippen molar-refractivity contribution in [3.63, 3.8) is 0 Å². The standard InChI is InChI=1S/C23H26BrN5OS.C2H6/c1-4-21(30)28-8-5-16(6-9-28)14(2)22(24)23(25)29-15(3)18(13-27-29)17-11-20-19(26-12-17)7-10-31-20;1-2/h7,10-13,16H,2,4-6,8-9,25H2,1,3H3;1-2H3/b23-22+;. The van der Waals surface area contributed by atoms with Gasteiger partial charge in [-0.3, -0.25) is 9.78 Å². The first-order valence-corrected chi connectivity index (χ1v) is 13.1. The van der Waals surface area contributed by atoms with Gasteiger partial charge in [0.15, 0.2) is 0 Å². The van der Waals surface area contributed by atoms with E-state index in [1.54, 1.807) is 16.0 Å². The summed E-state index contributed by atoms with van der Waals surface area (Å²) in [6.45, 7) is 13.7. The molecule has 3 aromatic heterocycles. The maximum Gasteiger partial charge on any atom is 0.222 e. The van der Waals surface area contributed by atoms with Crippen LogP contribution in [0.1, 0.15) is 45.7 Å². The van der Waals surface area contributed by atoms with Crippen molar-refractivity contribution in [1.29, 1.82) is 0 Å². The highest BCUT2D eigenvalue weighted by Crippen LogP contribution is 2.34. The van der Waals surface area contributed by atoms with Crippen molar-refractivity contribution in [1.82, 2.24) is 19.7 Å². The quantitative estimate of drug-likeness (QED) is 0.400. The maximum absolute atomic E-state index is 11.9. The summed E-state index contributed by atoms with van der Waals surface area (Å²) in [5, 5.41) is 6.59. The fourth-order valence-corrected chi connectivity index (χ4v) is 5.34. The van der Waals surface area contributed by atoms with Crippen LogP contribution in [-0.2, 0) is 4.79 Å². The fourth-order valence-electron chi connectivity index (χ4n) is 4.07. The first-order chi connectivity index (χ1) is 15.9. The Morgan fingerprint density at radius 2 is 2.00 bits per heavy atom. The molecule has 1 aliphatic rings. The molecule has 2 N–H and O–H groups in total. The Morgan fingerprint density at radius 3 is 2.67 bits per heavy atom. The number of likely N-dealkylation sites (tertiary alicyclic amines) is 1. The SMILES string of the molecule is C=C(/C(Br)=C(/N)n1ncc(-c2cnc3ccsc3c2)c1C)C1CCN(C(=O)CC)CC1.CC. The van der Waals surface area contributed by atoms with Crippen LogP contribution < -0.4 is 5.73 Å². The van der Waals surface area contributed by atoms with Gasteiger partial charge >= 0.3 is 0 Å². The number of allylic oxidation sites excluding steroid dienone is 2. The van der Waals surface area contributed by atoms with Gasteiger partial charge in [-0.1, -0.05) is 27.4 Å². The molecule has 0 saturated carbocycles. The smallest absolute Gasteiger partial charge is 0.222 e. The van der Waals surface area contributed by atoms with E-state index in [9.17, 15) is 4.79 Å². The number of amides is 1. The van der Waals surface area contributed by atoms with E-state index in [4.69, 9.17) is 5.73 Å². The number of hydrogen-bond donors (Lipinski definition) is 1. The maximum atomic E-state index is 11.9. The highest BCUT2D eigenvalue weighted by molar-refractivity contribution is 9.12. The number of fused-ring (bicyclic) bond motifs is 1. The summed E-state index contributed by atoms with van der Waals surface area (Å²) in [6.07, 6.45) is 6.04. The molecule has 176 valence electrons. The number of carbonyl (C=O) groups is 1. The highest BCUT2D eigenvalue weighted by Gasteiger charge is 2.26. The lowest BCUT2D eigenvalue weighted by atomic mass is 9.89. The van der Waals surface area contributed by atoms with E-state index in [2.05, 4.69) is 38.7 Å². The van der Waals surface area contributed by atoms with Crippen LogP contribution in [0.15, 0.2) is 46.5 Å². The number of nitrogens with two attached hydrogens (primary N) is 1. The van der Waals surface area contributed by atoms with Crippen molar-refractivity contribution < 1.29 is 4.79 Å². The van der Waals surface area contributed by atoms with E-state index in [-0.39, 0.29) is 11.8 Å². The zero-order chi connectivity index (χ0) is 24.1. The van der Waals surface area contributed by atoms with Crippen molar-refractivity contribution in [3.05, 3.63) is 52.2 Å². The number of piperidine rings is 1. The van der Waals surface area contributed by atoms with Crippen molar-refractivity contribution >= 4 is 49.2 Å². The van der Waals surface area contributed by atoms with Gasteiger partial charge in [-0.25, -0.2) is 4.68 Å². The minimum atomic E-state index is 0.216. The minimum Gasteiger partial charge on any atom is -0.383 e. The Hall–Kier alpha value is -2.45. The van der Waals surface area contributed by atoms with Crippen LogP contribution in [0.3, 0.4) is 0 Å². The van der Waals surface area contributed by atoms with Gasteiger partial charge in [-0.05, 0) is 64.7 Å². The number of carbonyl (C=O) groups excluding carboxylic acids is 1. The lowest BCUT2D eigenvalue weighted by Gasteiger charge is -2.33. The van der Waals surface area contributed by atoms with Crippen LogP contribution in [-0.4, -0.2) is 38.7 Å². The van der Waals surface area contributed by atoms with Crippen LogP contribution in [0, 0.1) is 12.8 Å². The third-order valence-electron chi connectivity index (χ3n) is 6.00. The fraction of sp³-hybridized carbons (Fsp3) is 0.400. The van der Waals surface area contributed by atoms with E-state index >= 15 is 0 Å². The van der Waals surface area contributed by atoms with Crippen molar-refractivity contribution in [2.45, 2.75) is 47.0 Å². The average molecular weight is 531 g/mol. The molecule has 1 fully saturated rings. The molecule has 1 aliphatic heterocycles. The molecule has 0 spiro atoms. The summed E-state index contributed by atoms with van der Waals surface area (Å²) < 4.78 is 3.67. The van der Waals surface area contributed by atoms with Crippen LogP contribution in [0.5, 0.6) is 0 Å². The number of thiophene rings is 1. The molecule has 0 bridgehead atoms. The van der Waals surface area contributed by atoms with Crippen LogP contribution in [0.4, 0.5) is 0 Å². The second-order valence-corrected chi connectivity index (χ2v) is 9.56. The second-order valence-electron chi connectivity index (χ2n) is 7.82. The minimum absolute atomic E-state index is 0.216. The van der Waals surface area contributed by atoms with Gasteiger partial charge in [-0.2, -0.15) is 5.10 Å². The molecule has 0 atom stereocenters. The number of halogens is 1. The van der Waals surface area contributed by atoms with Crippen LogP contribution in [0.2, 0.25) is 0 Å². The average Bonchev–Trinajstić information content (AvgIpc) is 3.49. The summed E-state index contributed by atoms with van der Waals surface area (Å²) in [4.78, 5) is 18.4. The predicted molar refractivity (Wildman–Crippen MR) is 142 cm³/mol. The Kier molecular flexibility index (Phi) is 8.48. The van der Waals surface area contributed by atoms with Crippen LogP contribution >= 0.6 is 27.3 Å². The molecular formula is C25H32BrN5OS. The van der Waals surface area contributed by atoms with Gasteiger partial charge in [-0.15, -0.1) is 11.3 Å². The third-order valence-corrected chi connectivity index (χ3v) is 7.77. The van der Waals surface area contributed by atoms with Crippen LogP contribution in [0.25, 0.3) is 27.2 Å². The Bertz CT molecular complexity index is 1170. The summed E-state index contributed by atoms with van der Waals surface area (Å²) in [5.41, 5.74) is 11.4. The summed E-state index contributed by atoms with van der Waals surface area (Å²) in [6, 6.07) is 4.16. The Balaban J connectivity index is 0.00000149. The third kappa shape index (κ3) is 5.22. The summed E-state index contributed by atoms with van der Waals surface area (Å²) in [7, 11) is 0. The first kappa shape index (κ1) is 25.2. The van der Waals surface area contributed by atoms with E-state index < -0.39 is 0 Å². The molecule has 0 aliphatic carbocycles. The zero-order valence-electron chi connectivity index (χ0n) is 19.8. The number of aromatic nitrogens is 3. The van der Waals surface area contributed by atoms with Gasteiger partial charge < -0.3 is 10.6 Å². The molecule has 6 nitrogen and oxygen atoms in total. The van der Waals surface area contributed by atoms with Gasteiger partial charge in [0.1, 0.15) is 5.82 Å². The van der Waals surface area contributed by atoms with Gasteiger partial charge in [0, 0.05) is 36.8 Å². The molecular weight excluding hydrogens is 498 g/mol. The Morgan fingerprint density at radius 1 is 1.30 bits per heavy atom. The molecule has 4 heterocycles. The van der Waals surface area contributed by atoms with Crippen molar-refractivity contribution in [3.8, 4) is 11.1 Å². The zero-order valence-corrected chi connectivity index (χ0v) is 22.2. The first-order valence-electron chi connectivity index (χ1n) is 11.4. The molecule has 33 heavy (non-hydrogen) atoms. The molecule has 0 unspecified atom stereocenters. The second kappa shape index (κ2) is 11.1. The number of rotatable bonds is 5. The number of hydrogen-bond acceptors (Lipinski definition) is 5. The largest absolute Gasteiger partial charge is 0.383 e. The summed E-state index contributed by atoms with van der Waals surface area (Å²) in [5.74, 6) is 1.02.